The lowest BCUT2D eigenvalue weighted by molar-refractivity contribution is -0.143. The van der Waals surface area contributed by atoms with Crippen LogP contribution < -0.4 is 5.32 Å². The fraction of sp³-hybridized carbons (Fsp3) is 0.846. The summed E-state index contributed by atoms with van der Waals surface area (Å²) in [5, 5.41) is 23.2. The number of allylic oxidation sites excluding steroid dienone is 6. The Kier molecular flexibility index (Phi) is 46.2. The molecule has 0 saturated carbocycles. The molecule has 0 rings (SSSR count). The van der Waals surface area contributed by atoms with Crippen LogP contribution >= 0.6 is 0 Å². The summed E-state index contributed by atoms with van der Waals surface area (Å²) < 4.78 is 5.42. The van der Waals surface area contributed by atoms with Gasteiger partial charge in [0, 0.05) is 12.8 Å². The van der Waals surface area contributed by atoms with Crippen LogP contribution in [0.1, 0.15) is 258 Å². The second-order valence-corrected chi connectivity index (χ2v) is 17.1. The SMILES string of the molecule is CCCC/C=C\CCCCCCCC(=O)OCCCCCCCC/C=C\C/C=C\CCC(=O)NC(CO)C(O)CCCCCCCCCCCCCCCCCCC. The van der Waals surface area contributed by atoms with Gasteiger partial charge in [0.05, 0.1) is 25.4 Å². The van der Waals surface area contributed by atoms with Gasteiger partial charge in [0.15, 0.2) is 0 Å². The summed E-state index contributed by atoms with van der Waals surface area (Å²) in [6.45, 7) is 4.84. The minimum Gasteiger partial charge on any atom is -0.466 e. The highest BCUT2D eigenvalue weighted by atomic mass is 16.5. The van der Waals surface area contributed by atoms with Crippen LogP contribution in [0, 0.1) is 0 Å². The van der Waals surface area contributed by atoms with Crippen molar-refractivity contribution < 1.29 is 24.5 Å². The molecule has 0 heterocycles. The van der Waals surface area contributed by atoms with Crippen LogP contribution in [0.3, 0.4) is 0 Å². The van der Waals surface area contributed by atoms with Crippen molar-refractivity contribution in [2.24, 2.45) is 0 Å². The van der Waals surface area contributed by atoms with Gasteiger partial charge in [-0.2, -0.15) is 0 Å². The average molecular weight is 816 g/mol. The third-order valence-corrected chi connectivity index (χ3v) is 11.4. The molecule has 0 bridgehead atoms. The number of rotatable bonds is 46. The molecule has 0 fully saturated rings. The van der Waals surface area contributed by atoms with E-state index >= 15 is 0 Å². The van der Waals surface area contributed by atoms with Crippen LogP contribution in [0.15, 0.2) is 36.5 Å². The second kappa shape index (κ2) is 47.8. The lowest BCUT2D eigenvalue weighted by atomic mass is 10.0. The molecule has 0 aromatic rings. The summed E-state index contributed by atoms with van der Waals surface area (Å²) in [4.78, 5) is 24.4. The van der Waals surface area contributed by atoms with E-state index in [4.69, 9.17) is 4.74 Å². The number of hydrogen-bond acceptors (Lipinski definition) is 5. The van der Waals surface area contributed by atoms with Gasteiger partial charge >= 0.3 is 5.97 Å². The molecule has 0 aliphatic heterocycles. The van der Waals surface area contributed by atoms with Gasteiger partial charge in [0.1, 0.15) is 0 Å². The van der Waals surface area contributed by atoms with Crippen LogP contribution in [0.25, 0.3) is 0 Å². The zero-order valence-electron chi connectivity index (χ0n) is 38.5. The Balaban J connectivity index is 3.57. The Morgan fingerprint density at radius 2 is 0.897 bits per heavy atom. The molecule has 0 aliphatic rings. The third kappa shape index (κ3) is 43.7. The Morgan fingerprint density at radius 3 is 1.41 bits per heavy atom. The van der Waals surface area contributed by atoms with Gasteiger partial charge in [-0.3, -0.25) is 9.59 Å². The number of aliphatic hydroxyl groups is 2. The second-order valence-electron chi connectivity index (χ2n) is 17.1. The molecular weight excluding hydrogens is 719 g/mol. The van der Waals surface area contributed by atoms with Crippen molar-refractivity contribution in [3.05, 3.63) is 36.5 Å². The summed E-state index contributed by atoms with van der Waals surface area (Å²) in [7, 11) is 0. The fourth-order valence-corrected chi connectivity index (χ4v) is 7.49. The summed E-state index contributed by atoms with van der Waals surface area (Å²) in [6.07, 6.45) is 56.9. The van der Waals surface area contributed by atoms with Crippen LogP contribution in [0.2, 0.25) is 0 Å². The minimum atomic E-state index is -0.699. The highest BCUT2D eigenvalue weighted by molar-refractivity contribution is 5.76. The van der Waals surface area contributed by atoms with E-state index in [0.29, 0.717) is 32.3 Å². The number of hydrogen-bond donors (Lipinski definition) is 3. The van der Waals surface area contributed by atoms with E-state index in [1.807, 2.05) is 6.08 Å². The number of ether oxygens (including phenoxy) is 1. The van der Waals surface area contributed by atoms with Gasteiger partial charge in [-0.1, -0.05) is 217 Å². The normalized spacial score (nSPS) is 13.0. The molecule has 58 heavy (non-hydrogen) atoms. The van der Waals surface area contributed by atoms with Crippen molar-refractivity contribution in [2.45, 2.75) is 270 Å². The first-order chi connectivity index (χ1) is 28.5. The van der Waals surface area contributed by atoms with Crippen molar-refractivity contribution in [2.75, 3.05) is 13.2 Å². The Labute approximate surface area is 360 Å². The first-order valence-corrected chi connectivity index (χ1v) is 25.2. The number of amides is 1. The summed E-state index contributed by atoms with van der Waals surface area (Å²) >= 11 is 0. The molecule has 340 valence electrons. The third-order valence-electron chi connectivity index (χ3n) is 11.4. The number of unbranched alkanes of at least 4 members (excludes halogenated alkanes) is 29. The molecule has 0 aliphatic carbocycles. The predicted octanol–water partition coefficient (Wildman–Crippen LogP) is 14.9. The van der Waals surface area contributed by atoms with Crippen molar-refractivity contribution in [1.29, 1.82) is 0 Å². The molecule has 3 N–H and O–H groups in total. The topological polar surface area (TPSA) is 95.9 Å². The molecule has 0 aromatic carbocycles. The van der Waals surface area contributed by atoms with Gasteiger partial charge in [-0.05, 0) is 64.2 Å². The van der Waals surface area contributed by atoms with E-state index in [0.717, 1.165) is 51.4 Å². The Bertz CT molecular complexity index is 946. The van der Waals surface area contributed by atoms with Crippen molar-refractivity contribution in [3.8, 4) is 0 Å². The molecule has 2 atom stereocenters. The van der Waals surface area contributed by atoms with E-state index in [1.165, 1.54) is 167 Å². The summed E-state index contributed by atoms with van der Waals surface area (Å²) in [5.74, 6) is -0.144. The van der Waals surface area contributed by atoms with Crippen molar-refractivity contribution in [3.63, 3.8) is 0 Å². The lowest BCUT2D eigenvalue weighted by Crippen LogP contribution is -2.45. The van der Waals surface area contributed by atoms with Crippen LogP contribution in [0.4, 0.5) is 0 Å². The highest BCUT2D eigenvalue weighted by Crippen LogP contribution is 2.16. The lowest BCUT2D eigenvalue weighted by Gasteiger charge is -2.22. The van der Waals surface area contributed by atoms with E-state index in [9.17, 15) is 19.8 Å². The highest BCUT2D eigenvalue weighted by Gasteiger charge is 2.19. The maximum Gasteiger partial charge on any atom is 0.305 e. The van der Waals surface area contributed by atoms with Crippen LogP contribution in [-0.4, -0.2) is 47.4 Å². The van der Waals surface area contributed by atoms with Gasteiger partial charge < -0.3 is 20.3 Å². The number of carbonyl (C=O) groups excluding carboxylic acids is 2. The molecule has 2 unspecified atom stereocenters. The number of aliphatic hydroxyl groups excluding tert-OH is 2. The molecule has 0 aromatic heterocycles. The van der Waals surface area contributed by atoms with E-state index in [-0.39, 0.29) is 18.5 Å². The average Bonchev–Trinajstić information content (AvgIpc) is 3.22. The maximum absolute atomic E-state index is 12.4. The smallest absolute Gasteiger partial charge is 0.305 e. The van der Waals surface area contributed by atoms with Gasteiger partial charge in [-0.25, -0.2) is 0 Å². The molecule has 0 spiro atoms. The van der Waals surface area contributed by atoms with Crippen molar-refractivity contribution in [1.82, 2.24) is 5.32 Å². The number of nitrogens with one attached hydrogen (secondary N) is 1. The maximum atomic E-state index is 12.4. The Hall–Kier alpha value is -1.92. The van der Waals surface area contributed by atoms with Crippen LogP contribution in [-0.2, 0) is 14.3 Å². The standard InChI is InChI=1S/C52H97NO5/c1-3-5-7-9-11-13-15-16-17-18-19-21-25-28-32-36-40-44-50(55)49(48-54)53-51(56)45-41-37-33-29-26-22-20-23-27-31-35-39-43-47-58-52(57)46-42-38-34-30-24-14-12-10-8-6-4-2/h10,12,22,26,33,37,49-50,54-55H,3-9,11,13-21,23-25,27-32,34-36,38-48H2,1-2H3,(H,53,56)/b12-10-,26-22-,37-33-. The molecule has 6 nitrogen and oxygen atoms in total. The van der Waals surface area contributed by atoms with E-state index in [2.05, 4.69) is 49.5 Å². The van der Waals surface area contributed by atoms with Crippen molar-refractivity contribution >= 4 is 11.9 Å². The molecule has 6 heteroatoms. The predicted molar refractivity (Wildman–Crippen MR) is 250 cm³/mol. The number of esters is 1. The molecular formula is C52H97NO5. The van der Waals surface area contributed by atoms with Gasteiger partial charge in [-0.15, -0.1) is 0 Å². The van der Waals surface area contributed by atoms with E-state index < -0.39 is 12.1 Å². The monoisotopic (exact) mass is 816 g/mol. The first kappa shape index (κ1) is 56.1. The first-order valence-electron chi connectivity index (χ1n) is 25.2. The molecule has 0 radical (unpaired) electrons. The van der Waals surface area contributed by atoms with E-state index in [1.54, 1.807) is 0 Å². The molecule has 0 saturated heterocycles. The van der Waals surface area contributed by atoms with Crippen LogP contribution in [0.5, 0.6) is 0 Å². The molecule has 1 amide bonds. The summed E-state index contributed by atoms with van der Waals surface area (Å²) in [6, 6.07) is -0.586. The zero-order valence-corrected chi connectivity index (χ0v) is 38.5. The van der Waals surface area contributed by atoms with Gasteiger partial charge in [0.25, 0.3) is 0 Å². The fourth-order valence-electron chi connectivity index (χ4n) is 7.49. The largest absolute Gasteiger partial charge is 0.466 e. The zero-order chi connectivity index (χ0) is 42.3. The Morgan fingerprint density at radius 1 is 0.483 bits per heavy atom. The van der Waals surface area contributed by atoms with Gasteiger partial charge in [0.2, 0.25) is 5.91 Å². The number of carbonyl (C=O) groups is 2. The minimum absolute atomic E-state index is 0.0285. The summed E-state index contributed by atoms with van der Waals surface area (Å²) in [5.41, 5.74) is 0. The quantitative estimate of drug-likeness (QED) is 0.0323.